The SMILES string of the molecule is CCCC(=O)OC(C)(C)CCOC(C)(C)CC. The number of rotatable bonds is 8. The molecule has 3 heteroatoms. The highest BCUT2D eigenvalue weighted by Gasteiger charge is 2.24. The van der Waals surface area contributed by atoms with Crippen LogP contribution in [0.5, 0.6) is 0 Å². The molecule has 17 heavy (non-hydrogen) atoms. The van der Waals surface area contributed by atoms with Gasteiger partial charge in [0, 0.05) is 12.8 Å². The zero-order valence-corrected chi connectivity index (χ0v) is 12.3. The van der Waals surface area contributed by atoms with Crippen LogP contribution in [-0.4, -0.2) is 23.8 Å². The van der Waals surface area contributed by atoms with Gasteiger partial charge in [0.15, 0.2) is 0 Å². The molecule has 0 unspecified atom stereocenters. The molecule has 0 aliphatic rings. The Balaban J connectivity index is 3.97. The Kier molecular flexibility index (Phi) is 6.76. The smallest absolute Gasteiger partial charge is 0.306 e. The highest BCUT2D eigenvalue weighted by molar-refractivity contribution is 5.69. The molecule has 0 aliphatic heterocycles. The predicted octanol–water partition coefficient (Wildman–Crippen LogP) is 3.70. The summed E-state index contributed by atoms with van der Waals surface area (Å²) in [7, 11) is 0. The summed E-state index contributed by atoms with van der Waals surface area (Å²) < 4.78 is 11.2. The molecule has 0 saturated carbocycles. The van der Waals surface area contributed by atoms with E-state index in [1.807, 2.05) is 20.8 Å². The summed E-state index contributed by atoms with van der Waals surface area (Å²) >= 11 is 0. The highest BCUT2D eigenvalue weighted by Crippen LogP contribution is 2.19. The number of ether oxygens (including phenoxy) is 2. The molecule has 0 radical (unpaired) electrons. The Morgan fingerprint density at radius 1 is 1.06 bits per heavy atom. The van der Waals surface area contributed by atoms with Crippen LogP contribution < -0.4 is 0 Å². The van der Waals surface area contributed by atoms with Gasteiger partial charge in [-0.15, -0.1) is 0 Å². The second-order valence-electron chi connectivity index (χ2n) is 5.70. The van der Waals surface area contributed by atoms with Crippen LogP contribution in [0.4, 0.5) is 0 Å². The zero-order chi connectivity index (χ0) is 13.5. The standard InChI is InChI=1S/C14H28O3/c1-7-9-12(15)17-14(5,6)10-11-16-13(3,4)8-2/h7-11H2,1-6H3. The van der Waals surface area contributed by atoms with Crippen LogP contribution in [0.15, 0.2) is 0 Å². The van der Waals surface area contributed by atoms with Gasteiger partial charge in [-0.25, -0.2) is 0 Å². The van der Waals surface area contributed by atoms with E-state index in [0.717, 1.165) is 19.3 Å². The molecular weight excluding hydrogens is 216 g/mol. The van der Waals surface area contributed by atoms with Gasteiger partial charge in [0.1, 0.15) is 5.60 Å². The largest absolute Gasteiger partial charge is 0.460 e. The third-order valence-electron chi connectivity index (χ3n) is 2.89. The number of esters is 1. The third kappa shape index (κ3) is 8.19. The van der Waals surface area contributed by atoms with Crippen molar-refractivity contribution in [3.63, 3.8) is 0 Å². The van der Waals surface area contributed by atoms with Gasteiger partial charge in [-0.3, -0.25) is 4.79 Å². The number of hydrogen-bond donors (Lipinski definition) is 0. The van der Waals surface area contributed by atoms with Crippen molar-refractivity contribution in [2.24, 2.45) is 0 Å². The van der Waals surface area contributed by atoms with Crippen LogP contribution in [0.25, 0.3) is 0 Å². The van der Waals surface area contributed by atoms with E-state index in [4.69, 9.17) is 9.47 Å². The molecule has 0 saturated heterocycles. The molecule has 0 amide bonds. The van der Waals surface area contributed by atoms with Gasteiger partial charge in [0.05, 0.1) is 12.2 Å². The van der Waals surface area contributed by atoms with Crippen molar-refractivity contribution in [1.29, 1.82) is 0 Å². The minimum absolute atomic E-state index is 0.0937. The topological polar surface area (TPSA) is 35.5 Å². The fourth-order valence-corrected chi connectivity index (χ4v) is 1.29. The molecule has 0 aliphatic carbocycles. The van der Waals surface area contributed by atoms with Gasteiger partial charge in [0.25, 0.3) is 0 Å². The van der Waals surface area contributed by atoms with Gasteiger partial charge < -0.3 is 9.47 Å². The molecule has 0 N–H and O–H groups in total. The van der Waals surface area contributed by atoms with Crippen molar-refractivity contribution in [2.75, 3.05) is 6.61 Å². The van der Waals surface area contributed by atoms with E-state index >= 15 is 0 Å². The summed E-state index contributed by atoms with van der Waals surface area (Å²) in [6, 6.07) is 0. The number of carbonyl (C=O) groups excluding carboxylic acids is 1. The molecule has 0 atom stereocenters. The number of hydrogen-bond acceptors (Lipinski definition) is 3. The van der Waals surface area contributed by atoms with Crippen molar-refractivity contribution >= 4 is 5.97 Å². The van der Waals surface area contributed by atoms with Crippen LogP contribution in [0.3, 0.4) is 0 Å². The normalized spacial score (nSPS) is 12.6. The van der Waals surface area contributed by atoms with Gasteiger partial charge >= 0.3 is 5.97 Å². The molecule has 0 bridgehead atoms. The second-order valence-corrected chi connectivity index (χ2v) is 5.70. The molecule has 0 fully saturated rings. The number of carbonyl (C=O) groups is 1. The lowest BCUT2D eigenvalue weighted by Gasteiger charge is -2.28. The van der Waals surface area contributed by atoms with E-state index in [1.165, 1.54) is 0 Å². The first-order valence-electron chi connectivity index (χ1n) is 6.58. The Labute approximate surface area is 106 Å². The van der Waals surface area contributed by atoms with Crippen molar-refractivity contribution in [1.82, 2.24) is 0 Å². The van der Waals surface area contributed by atoms with Gasteiger partial charge in [-0.2, -0.15) is 0 Å². The maximum Gasteiger partial charge on any atom is 0.306 e. The Morgan fingerprint density at radius 3 is 2.12 bits per heavy atom. The second kappa shape index (κ2) is 7.00. The molecule has 0 rings (SSSR count). The summed E-state index contributed by atoms with van der Waals surface area (Å²) in [5, 5.41) is 0. The average Bonchev–Trinajstić information content (AvgIpc) is 2.16. The predicted molar refractivity (Wildman–Crippen MR) is 70.0 cm³/mol. The molecule has 3 nitrogen and oxygen atoms in total. The van der Waals surface area contributed by atoms with Crippen LogP contribution in [0.2, 0.25) is 0 Å². The minimum Gasteiger partial charge on any atom is -0.460 e. The van der Waals surface area contributed by atoms with Gasteiger partial charge in [-0.05, 0) is 40.5 Å². The van der Waals surface area contributed by atoms with E-state index in [9.17, 15) is 4.79 Å². The van der Waals surface area contributed by atoms with Gasteiger partial charge in [-0.1, -0.05) is 13.8 Å². The van der Waals surface area contributed by atoms with E-state index in [1.54, 1.807) is 0 Å². The van der Waals surface area contributed by atoms with E-state index < -0.39 is 5.60 Å². The maximum atomic E-state index is 11.4. The first-order valence-corrected chi connectivity index (χ1v) is 6.58. The summed E-state index contributed by atoms with van der Waals surface area (Å²) in [6.07, 6.45) is 3.02. The van der Waals surface area contributed by atoms with Crippen LogP contribution in [0.1, 0.15) is 67.2 Å². The summed E-state index contributed by atoms with van der Waals surface area (Å²) in [6.45, 7) is 12.7. The monoisotopic (exact) mass is 244 g/mol. The first kappa shape index (κ1) is 16.4. The van der Waals surface area contributed by atoms with Crippen molar-refractivity contribution in [2.45, 2.75) is 78.4 Å². The average molecular weight is 244 g/mol. The fraction of sp³-hybridized carbons (Fsp3) is 0.929. The highest BCUT2D eigenvalue weighted by atomic mass is 16.6. The van der Waals surface area contributed by atoms with Crippen molar-refractivity contribution in [3.8, 4) is 0 Å². The van der Waals surface area contributed by atoms with Crippen LogP contribution >= 0.6 is 0 Å². The lowest BCUT2D eigenvalue weighted by Crippen LogP contribution is -2.32. The summed E-state index contributed by atoms with van der Waals surface area (Å²) in [4.78, 5) is 11.4. The maximum absolute atomic E-state index is 11.4. The van der Waals surface area contributed by atoms with Crippen LogP contribution in [0, 0.1) is 0 Å². The third-order valence-corrected chi connectivity index (χ3v) is 2.89. The molecule has 102 valence electrons. The molecule has 0 heterocycles. The van der Waals surface area contributed by atoms with E-state index in [0.29, 0.717) is 13.0 Å². The molecule has 0 aromatic carbocycles. The minimum atomic E-state index is -0.434. The quantitative estimate of drug-likeness (QED) is 0.611. The first-order chi connectivity index (χ1) is 7.72. The van der Waals surface area contributed by atoms with E-state index in [-0.39, 0.29) is 11.6 Å². The Bertz CT molecular complexity index is 232. The van der Waals surface area contributed by atoms with Gasteiger partial charge in [0.2, 0.25) is 0 Å². The summed E-state index contributed by atoms with van der Waals surface area (Å²) in [5.74, 6) is -0.118. The molecular formula is C14H28O3. The summed E-state index contributed by atoms with van der Waals surface area (Å²) in [5.41, 5.74) is -0.528. The lowest BCUT2D eigenvalue weighted by atomic mass is 10.0. The Morgan fingerprint density at radius 2 is 1.65 bits per heavy atom. The molecule has 0 aromatic rings. The van der Waals surface area contributed by atoms with Crippen LogP contribution in [-0.2, 0) is 14.3 Å². The van der Waals surface area contributed by atoms with Crippen molar-refractivity contribution < 1.29 is 14.3 Å². The fourth-order valence-electron chi connectivity index (χ4n) is 1.29. The lowest BCUT2D eigenvalue weighted by molar-refractivity contribution is -0.159. The Hall–Kier alpha value is -0.570. The molecule has 0 aromatic heterocycles. The molecule has 0 spiro atoms. The zero-order valence-electron chi connectivity index (χ0n) is 12.3. The van der Waals surface area contributed by atoms with E-state index in [2.05, 4.69) is 20.8 Å². The van der Waals surface area contributed by atoms with Crippen molar-refractivity contribution in [3.05, 3.63) is 0 Å².